The standard InChI is InChI=1S/C16H21N5O2/c1-11-14(19-15(22)13-4-9-23-10-13)12(2)18-16(17-11)21-7-5-20(3)6-8-21/h4,9-10H,5-8H2,1-3H3,(H,19,22). The third-order valence-electron chi connectivity index (χ3n) is 4.07. The monoisotopic (exact) mass is 315 g/mol. The van der Waals surface area contributed by atoms with Gasteiger partial charge in [-0.2, -0.15) is 0 Å². The Labute approximate surface area is 135 Å². The molecule has 122 valence electrons. The fourth-order valence-corrected chi connectivity index (χ4v) is 2.61. The summed E-state index contributed by atoms with van der Waals surface area (Å²) in [6, 6.07) is 1.62. The van der Waals surface area contributed by atoms with Crippen molar-refractivity contribution in [2.75, 3.05) is 43.4 Å². The predicted molar refractivity (Wildman–Crippen MR) is 87.9 cm³/mol. The number of nitrogens with one attached hydrogen (secondary N) is 1. The van der Waals surface area contributed by atoms with E-state index in [2.05, 4.69) is 32.1 Å². The topological polar surface area (TPSA) is 74.5 Å². The summed E-state index contributed by atoms with van der Waals surface area (Å²) in [5, 5.41) is 2.87. The van der Waals surface area contributed by atoms with Crippen LogP contribution in [0.5, 0.6) is 0 Å². The van der Waals surface area contributed by atoms with Crippen molar-refractivity contribution in [3.05, 3.63) is 35.5 Å². The van der Waals surface area contributed by atoms with Crippen LogP contribution in [0.25, 0.3) is 0 Å². The molecule has 1 N–H and O–H groups in total. The Kier molecular flexibility index (Phi) is 4.29. The van der Waals surface area contributed by atoms with Gasteiger partial charge in [-0.05, 0) is 27.0 Å². The van der Waals surface area contributed by atoms with Crippen molar-refractivity contribution >= 4 is 17.5 Å². The molecule has 0 spiro atoms. The number of furan rings is 1. The first-order valence-electron chi connectivity index (χ1n) is 7.67. The summed E-state index contributed by atoms with van der Waals surface area (Å²) in [5.41, 5.74) is 2.67. The van der Waals surface area contributed by atoms with Crippen LogP contribution in [0.4, 0.5) is 11.6 Å². The number of hydrogen-bond donors (Lipinski definition) is 1. The Morgan fingerprint density at radius 3 is 2.39 bits per heavy atom. The highest BCUT2D eigenvalue weighted by molar-refractivity contribution is 6.04. The molecule has 0 aromatic carbocycles. The van der Waals surface area contributed by atoms with Crippen LogP contribution >= 0.6 is 0 Å². The van der Waals surface area contributed by atoms with Gasteiger partial charge in [-0.3, -0.25) is 4.79 Å². The van der Waals surface area contributed by atoms with Gasteiger partial charge in [-0.1, -0.05) is 0 Å². The van der Waals surface area contributed by atoms with E-state index >= 15 is 0 Å². The second-order valence-corrected chi connectivity index (χ2v) is 5.83. The SMILES string of the molecule is Cc1nc(N2CCN(C)CC2)nc(C)c1NC(=O)c1ccoc1. The number of anilines is 2. The molecule has 0 radical (unpaired) electrons. The lowest BCUT2D eigenvalue weighted by molar-refractivity contribution is 0.102. The zero-order chi connectivity index (χ0) is 16.4. The van der Waals surface area contributed by atoms with Crippen LogP contribution in [0, 0.1) is 13.8 Å². The quantitative estimate of drug-likeness (QED) is 0.929. The zero-order valence-electron chi connectivity index (χ0n) is 13.7. The number of likely N-dealkylation sites (N-methyl/N-ethyl adjacent to an activating group) is 1. The normalized spacial score (nSPS) is 15.7. The Morgan fingerprint density at radius 1 is 1.17 bits per heavy atom. The van der Waals surface area contributed by atoms with E-state index in [4.69, 9.17) is 4.42 Å². The molecule has 0 saturated carbocycles. The van der Waals surface area contributed by atoms with Crippen LogP contribution in [-0.4, -0.2) is 54.0 Å². The highest BCUT2D eigenvalue weighted by Gasteiger charge is 2.19. The Balaban J connectivity index is 1.79. The number of rotatable bonds is 3. The van der Waals surface area contributed by atoms with Crippen LogP contribution in [0.2, 0.25) is 0 Å². The number of amides is 1. The molecular formula is C16H21N5O2. The summed E-state index contributed by atoms with van der Waals surface area (Å²) in [6.07, 6.45) is 2.89. The third-order valence-corrected chi connectivity index (χ3v) is 4.07. The Bertz CT molecular complexity index is 667. The van der Waals surface area contributed by atoms with Crippen LogP contribution in [0.1, 0.15) is 21.7 Å². The number of nitrogens with zero attached hydrogens (tertiary/aromatic N) is 4. The highest BCUT2D eigenvalue weighted by atomic mass is 16.3. The minimum Gasteiger partial charge on any atom is -0.472 e. The fraction of sp³-hybridized carbons (Fsp3) is 0.438. The maximum atomic E-state index is 12.2. The lowest BCUT2D eigenvalue weighted by Crippen LogP contribution is -2.45. The first-order valence-corrected chi connectivity index (χ1v) is 7.67. The van der Waals surface area contributed by atoms with Crippen molar-refractivity contribution in [1.29, 1.82) is 0 Å². The van der Waals surface area contributed by atoms with Crippen molar-refractivity contribution in [2.45, 2.75) is 13.8 Å². The molecule has 1 aliphatic rings. The van der Waals surface area contributed by atoms with Crippen LogP contribution in [0.3, 0.4) is 0 Å². The van der Waals surface area contributed by atoms with Crippen LogP contribution in [-0.2, 0) is 0 Å². The smallest absolute Gasteiger partial charge is 0.259 e. The van der Waals surface area contributed by atoms with Gasteiger partial charge in [0.15, 0.2) is 0 Å². The third kappa shape index (κ3) is 3.34. The summed E-state index contributed by atoms with van der Waals surface area (Å²) in [4.78, 5) is 25.8. The molecule has 7 heteroatoms. The second-order valence-electron chi connectivity index (χ2n) is 5.83. The fourth-order valence-electron chi connectivity index (χ4n) is 2.61. The van der Waals surface area contributed by atoms with Gasteiger partial charge in [0, 0.05) is 26.2 Å². The first-order chi connectivity index (χ1) is 11.0. The molecule has 1 saturated heterocycles. The van der Waals surface area contributed by atoms with Crippen molar-refractivity contribution in [2.24, 2.45) is 0 Å². The summed E-state index contributed by atoms with van der Waals surface area (Å²) in [7, 11) is 2.11. The molecule has 0 aliphatic carbocycles. The van der Waals surface area contributed by atoms with Crippen LogP contribution in [0.15, 0.2) is 23.0 Å². The lowest BCUT2D eigenvalue weighted by atomic mass is 10.2. The molecule has 1 amide bonds. The minimum absolute atomic E-state index is 0.221. The molecule has 1 aliphatic heterocycles. The van der Waals surface area contributed by atoms with Crippen molar-refractivity contribution in [3.8, 4) is 0 Å². The molecule has 23 heavy (non-hydrogen) atoms. The maximum Gasteiger partial charge on any atom is 0.259 e. The van der Waals surface area contributed by atoms with Crippen molar-refractivity contribution in [1.82, 2.24) is 14.9 Å². The van der Waals surface area contributed by atoms with Gasteiger partial charge in [0.2, 0.25) is 5.95 Å². The molecule has 2 aromatic rings. The number of piperazine rings is 1. The number of hydrogen-bond acceptors (Lipinski definition) is 6. The van der Waals surface area contributed by atoms with E-state index in [1.54, 1.807) is 6.07 Å². The van der Waals surface area contributed by atoms with E-state index in [0.717, 1.165) is 43.5 Å². The molecule has 1 fully saturated rings. The number of carbonyl (C=O) groups excluding carboxylic acids is 1. The van der Waals surface area contributed by atoms with Crippen molar-refractivity contribution < 1.29 is 9.21 Å². The summed E-state index contributed by atoms with van der Waals surface area (Å²) in [5.74, 6) is 0.510. The van der Waals surface area contributed by atoms with Gasteiger partial charge in [0.05, 0.1) is 28.9 Å². The van der Waals surface area contributed by atoms with E-state index in [-0.39, 0.29) is 5.91 Å². The molecule has 3 heterocycles. The first kappa shape index (κ1) is 15.5. The molecule has 7 nitrogen and oxygen atoms in total. The predicted octanol–water partition coefficient (Wildman–Crippen LogP) is 1.69. The number of aryl methyl sites for hydroxylation is 2. The van der Waals surface area contributed by atoms with Gasteiger partial charge < -0.3 is 19.5 Å². The van der Waals surface area contributed by atoms with Gasteiger partial charge >= 0.3 is 0 Å². The summed E-state index contributed by atoms with van der Waals surface area (Å²) < 4.78 is 4.94. The van der Waals surface area contributed by atoms with Crippen LogP contribution < -0.4 is 10.2 Å². The summed E-state index contributed by atoms with van der Waals surface area (Å²) in [6.45, 7) is 7.60. The zero-order valence-corrected chi connectivity index (χ0v) is 13.7. The van der Waals surface area contributed by atoms with E-state index in [1.165, 1.54) is 12.5 Å². The largest absolute Gasteiger partial charge is 0.472 e. The number of aromatic nitrogens is 2. The lowest BCUT2D eigenvalue weighted by Gasteiger charge is -2.32. The van der Waals surface area contributed by atoms with E-state index in [0.29, 0.717) is 11.3 Å². The molecular weight excluding hydrogens is 294 g/mol. The minimum atomic E-state index is -0.221. The Morgan fingerprint density at radius 2 is 1.83 bits per heavy atom. The Hall–Kier alpha value is -2.41. The number of carbonyl (C=O) groups is 1. The van der Waals surface area contributed by atoms with E-state index in [9.17, 15) is 4.79 Å². The molecule has 0 bridgehead atoms. The second kappa shape index (κ2) is 6.37. The molecule has 3 rings (SSSR count). The highest BCUT2D eigenvalue weighted by Crippen LogP contribution is 2.22. The molecule has 0 atom stereocenters. The molecule has 0 unspecified atom stereocenters. The average molecular weight is 315 g/mol. The van der Waals surface area contributed by atoms with Gasteiger partial charge in [-0.15, -0.1) is 0 Å². The molecule has 2 aromatic heterocycles. The van der Waals surface area contributed by atoms with Gasteiger partial charge in [0.25, 0.3) is 5.91 Å². The van der Waals surface area contributed by atoms with Gasteiger partial charge in [-0.25, -0.2) is 9.97 Å². The summed E-state index contributed by atoms with van der Waals surface area (Å²) >= 11 is 0. The van der Waals surface area contributed by atoms with E-state index in [1.807, 2.05) is 13.8 Å². The average Bonchev–Trinajstić information content (AvgIpc) is 3.05. The van der Waals surface area contributed by atoms with E-state index < -0.39 is 0 Å². The van der Waals surface area contributed by atoms with Crippen molar-refractivity contribution in [3.63, 3.8) is 0 Å². The van der Waals surface area contributed by atoms with Gasteiger partial charge in [0.1, 0.15) is 6.26 Å². The maximum absolute atomic E-state index is 12.2.